The van der Waals surface area contributed by atoms with Crippen LogP contribution in [-0.2, 0) is 9.59 Å². The molecule has 6 nitrogen and oxygen atoms in total. The van der Waals surface area contributed by atoms with Gasteiger partial charge in [-0.25, -0.2) is 4.98 Å². The number of carbonyl (C=O) groups excluding carboxylic acids is 2. The summed E-state index contributed by atoms with van der Waals surface area (Å²) < 4.78 is 6.64. The Morgan fingerprint density at radius 1 is 1.13 bits per heavy atom. The fourth-order valence-electron chi connectivity index (χ4n) is 4.59. The van der Waals surface area contributed by atoms with E-state index in [-0.39, 0.29) is 5.57 Å². The second-order valence-corrected chi connectivity index (χ2v) is 10.1. The van der Waals surface area contributed by atoms with E-state index in [1.807, 2.05) is 56.3 Å². The van der Waals surface area contributed by atoms with Crippen LogP contribution in [0.4, 0.5) is 5.13 Å². The number of nitrogens with zero attached hydrogens (tertiary/aromatic N) is 2. The minimum absolute atomic E-state index is 0.00443. The number of aromatic nitrogens is 1. The number of allylic oxidation sites excluding steroid dienone is 1. The number of aryl methyl sites for hydroxylation is 2. The van der Waals surface area contributed by atoms with E-state index in [0.29, 0.717) is 23.1 Å². The highest BCUT2D eigenvalue weighted by molar-refractivity contribution is 7.22. The summed E-state index contributed by atoms with van der Waals surface area (Å²) in [4.78, 5) is 33.2. The lowest BCUT2D eigenvalue weighted by atomic mass is 9.95. The Bertz CT molecular complexity index is 1620. The molecule has 4 aromatic rings. The van der Waals surface area contributed by atoms with E-state index in [2.05, 4.69) is 6.58 Å². The van der Waals surface area contributed by atoms with E-state index in [4.69, 9.17) is 9.72 Å². The molecule has 0 spiro atoms. The van der Waals surface area contributed by atoms with Crippen molar-refractivity contribution in [3.05, 3.63) is 119 Å². The number of hydrogen-bond donors (Lipinski definition) is 1. The smallest absolute Gasteiger partial charge is 0.296 e. The lowest BCUT2D eigenvalue weighted by molar-refractivity contribution is -0.117. The van der Waals surface area contributed by atoms with Gasteiger partial charge < -0.3 is 9.84 Å². The Kier molecular flexibility index (Phi) is 6.94. The fraction of sp³-hybridized carbons (Fsp3) is 0.129. The second kappa shape index (κ2) is 10.5. The molecule has 0 radical (unpaired) electrons. The third-order valence-electron chi connectivity index (χ3n) is 6.27. The molecular formula is C31H26N2O4S. The average molecular weight is 523 g/mol. The zero-order valence-corrected chi connectivity index (χ0v) is 21.9. The van der Waals surface area contributed by atoms with E-state index in [0.717, 1.165) is 26.9 Å². The molecule has 0 saturated heterocycles. The van der Waals surface area contributed by atoms with Crippen molar-refractivity contribution in [2.24, 2.45) is 0 Å². The minimum Gasteiger partial charge on any atom is -0.503 e. The number of ketones is 1. The highest BCUT2D eigenvalue weighted by Gasteiger charge is 2.45. The number of carbonyl (C=O) groups is 2. The zero-order valence-electron chi connectivity index (χ0n) is 21.0. The highest BCUT2D eigenvalue weighted by Crippen LogP contribution is 2.44. The van der Waals surface area contributed by atoms with Crippen LogP contribution < -0.4 is 9.64 Å². The van der Waals surface area contributed by atoms with E-state index in [1.54, 1.807) is 36.4 Å². The second-order valence-electron chi connectivity index (χ2n) is 9.05. The van der Waals surface area contributed by atoms with Crippen molar-refractivity contribution in [1.82, 2.24) is 4.98 Å². The van der Waals surface area contributed by atoms with Crippen molar-refractivity contribution in [3.63, 3.8) is 0 Å². The molecular weight excluding hydrogens is 496 g/mol. The summed E-state index contributed by atoms with van der Waals surface area (Å²) in [5.74, 6) is -1.15. The molecule has 1 aliphatic rings. The summed E-state index contributed by atoms with van der Waals surface area (Å²) in [6.45, 7) is 7.97. The maximum absolute atomic E-state index is 13.5. The fourth-order valence-corrected chi connectivity index (χ4v) is 5.76. The van der Waals surface area contributed by atoms with Gasteiger partial charge in [0.05, 0.1) is 21.8 Å². The van der Waals surface area contributed by atoms with Gasteiger partial charge in [0.1, 0.15) is 12.4 Å². The summed E-state index contributed by atoms with van der Waals surface area (Å²) >= 11 is 1.35. The van der Waals surface area contributed by atoms with Crippen molar-refractivity contribution in [2.75, 3.05) is 11.5 Å². The van der Waals surface area contributed by atoms with Crippen molar-refractivity contribution >= 4 is 44.5 Å². The Morgan fingerprint density at radius 2 is 1.92 bits per heavy atom. The van der Waals surface area contributed by atoms with Crippen LogP contribution in [0.15, 0.2) is 96.8 Å². The largest absolute Gasteiger partial charge is 0.503 e. The van der Waals surface area contributed by atoms with Crippen molar-refractivity contribution in [1.29, 1.82) is 0 Å². The van der Waals surface area contributed by atoms with Crippen molar-refractivity contribution in [2.45, 2.75) is 19.9 Å². The van der Waals surface area contributed by atoms with Crippen LogP contribution in [0.1, 0.15) is 28.3 Å². The standard InChI is InChI=1S/C31H26N2O4S/c1-4-15-37-23-12-8-11-22(18-23)28-26(24(34)14-13-21-9-6-5-7-10-21)29(35)30(36)33(28)31-32-27-20(3)16-19(2)17-25(27)38-31/h4-14,16-18,28,35H,1,15H2,2-3H3/b14-13+. The van der Waals surface area contributed by atoms with Crippen molar-refractivity contribution < 1.29 is 19.4 Å². The number of ether oxygens (including phenoxy) is 1. The number of hydrogen-bond acceptors (Lipinski definition) is 6. The molecule has 1 aromatic heterocycles. The molecule has 5 rings (SSSR count). The summed E-state index contributed by atoms with van der Waals surface area (Å²) in [5.41, 5.74) is 4.31. The third kappa shape index (κ3) is 4.76. The maximum atomic E-state index is 13.5. The first kappa shape index (κ1) is 25.2. The van der Waals surface area contributed by atoms with E-state index in [1.165, 1.54) is 22.3 Å². The van der Waals surface area contributed by atoms with Gasteiger partial charge in [-0.15, -0.1) is 0 Å². The van der Waals surface area contributed by atoms with Gasteiger partial charge in [-0.1, -0.05) is 78.6 Å². The number of benzene rings is 3. The van der Waals surface area contributed by atoms with E-state index >= 15 is 0 Å². The molecule has 190 valence electrons. The molecule has 1 atom stereocenters. The number of thiazole rings is 1. The van der Waals surface area contributed by atoms with Gasteiger partial charge in [-0.2, -0.15) is 0 Å². The molecule has 2 heterocycles. The first-order chi connectivity index (χ1) is 18.4. The molecule has 0 aliphatic carbocycles. The molecule has 0 saturated carbocycles. The van der Waals surface area contributed by atoms with Gasteiger partial charge in [-0.05, 0) is 60.4 Å². The normalized spacial score (nSPS) is 15.6. The van der Waals surface area contributed by atoms with Crippen LogP contribution in [0.5, 0.6) is 5.75 Å². The predicted octanol–water partition coefficient (Wildman–Crippen LogP) is 6.66. The number of aliphatic hydroxyl groups is 1. The number of anilines is 1. The van der Waals surface area contributed by atoms with Crippen LogP contribution in [0.2, 0.25) is 0 Å². The van der Waals surface area contributed by atoms with Gasteiger partial charge in [0, 0.05) is 0 Å². The van der Waals surface area contributed by atoms with Crippen LogP contribution in [0.25, 0.3) is 16.3 Å². The molecule has 1 aliphatic heterocycles. The molecule has 1 unspecified atom stereocenters. The lowest BCUT2D eigenvalue weighted by Crippen LogP contribution is -2.30. The molecule has 0 bridgehead atoms. The topological polar surface area (TPSA) is 79.7 Å². The monoisotopic (exact) mass is 522 g/mol. The average Bonchev–Trinajstić information content (AvgIpc) is 3.45. The SMILES string of the molecule is C=CCOc1cccc(C2C(C(=O)/C=C/c3ccccc3)=C(O)C(=O)N2c2nc3c(C)cc(C)cc3s2)c1. The predicted molar refractivity (Wildman–Crippen MR) is 152 cm³/mol. The zero-order chi connectivity index (χ0) is 26.8. The molecule has 7 heteroatoms. The van der Waals surface area contributed by atoms with Crippen LogP contribution in [0.3, 0.4) is 0 Å². The Hall–Kier alpha value is -4.49. The third-order valence-corrected chi connectivity index (χ3v) is 7.27. The summed E-state index contributed by atoms with van der Waals surface area (Å²) in [6, 6.07) is 19.7. The molecule has 1 N–H and O–H groups in total. The summed E-state index contributed by atoms with van der Waals surface area (Å²) in [6.07, 6.45) is 4.69. The van der Waals surface area contributed by atoms with Crippen LogP contribution >= 0.6 is 11.3 Å². The number of fused-ring (bicyclic) bond motifs is 1. The van der Waals surface area contributed by atoms with Crippen LogP contribution in [-0.4, -0.2) is 28.4 Å². The van der Waals surface area contributed by atoms with Gasteiger partial charge >= 0.3 is 0 Å². The van der Waals surface area contributed by atoms with Gasteiger partial charge in [0.15, 0.2) is 16.7 Å². The summed E-state index contributed by atoms with van der Waals surface area (Å²) in [7, 11) is 0. The molecule has 3 aromatic carbocycles. The van der Waals surface area contributed by atoms with E-state index < -0.39 is 23.5 Å². The molecule has 1 amide bonds. The Morgan fingerprint density at radius 3 is 2.68 bits per heavy atom. The first-order valence-electron chi connectivity index (χ1n) is 12.1. The Labute approximate surface area is 224 Å². The number of amides is 1. The van der Waals surface area contributed by atoms with Gasteiger partial charge in [-0.3, -0.25) is 14.5 Å². The lowest BCUT2D eigenvalue weighted by Gasteiger charge is -2.24. The van der Waals surface area contributed by atoms with Crippen LogP contribution in [0, 0.1) is 13.8 Å². The molecule has 0 fully saturated rings. The molecule has 38 heavy (non-hydrogen) atoms. The minimum atomic E-state index is -0.885. The number of aliphatic hydroxyl groups excluding tert-OH is 1. The first-order valence-corrected chi connectivity index (χ1v) is 12.9. The number of rotatable bonds is 8. The van der Waals surface area contributed by atoms with E-state index in [9.17, 15) is 14.7 Å². The van der Waals surface area contributed by atoms with Crippen molar-refractivity contribution in [3.8, 4) is 5.75 Å². The van der Waals surface area contributed by atoms with Gasteiger partial charge in [0.2, 0.25) is 0 Å². The van der Waals surface area contributed by atoms with Gasteiger partial charge in [0.25, 0.3) is 5.91 Å². The summed E-state index contributed by atoms with van der Waals surface area (Å²) in [5, 5.41) is 11.4. The maximum Gasteiger partial charge on any atom is 0.296 e. The quantitative estimate of drug-likeness (QED) is 0.207. The Balaban J connectivity index is 1.62. The highest BCUT2D eigenvalue weighted by atomic mass is 32.1.